The van der Waals surface area contributed by atoms with E-state index in [1.807, 2.05) is 0 Å². The predicted molar refractivity (Wildman–Crippen MR) is 68.3 cm³/mol. The summed E-state index contributed by atoms with van der Waals surface area (Å²) in [6, 6.07) is 0.458. The first-order chi connectivity index (χ1) is 7.63. The second kappa shape index (κ2) is 6.93. The van der Waals surface area contributed by atoms with Gasteiger partial charge in [-0.05, 0) is 31.1 Å². The van der Waals surface area contributed by atoms with Gasteiger partial charge in [0.25, 0.3) is 0 Å². The molecule has 0 bridgehead atoms. The Morgan fingerprint density at radius 3 is 2.62 bits per heavy atom. The molecular weight excluding hydrogens is 198 g/mol. The Kier molecular flexibility index (Phi) is 5.86. The average Bonchev–Trinajstić information content (AvgIpc) is 2.20. The summed E-state index contributed by atoms with van der Waals surface area (Å²) in [5.41, 5.74) is 0. The Morgan fingerprint density at radius 2 is 2.00 bits per heavy atom. The summed E-state index contributed by atoms with van der Waals surface area (Å²) in [6.07, 6.45) is 8.31. The smallest absolute Gasteiger partial charge is 0.220 e. The van der Waals surface area contributed by atoms with Crippen molar-refractivity contribution >= 4 is 5.91 Å². The highest BCUT2D eigenvalue weighted by atomic mass is 16.1. The molecule has 0 spiro atoms. The Hall–Kier alpha value is -0.530. The van der Waals surface area contributed by atoms with Gasteiger partial charge in [-0.1, -0.05) is 40.0 Å². The Morgan fingerprint density at radius 1 is 1.31 bits per heavy atom. The molecule has 0 aromatic heterocycles. The van der Waals surface area contributed by atoms with E-state index in [1.165, 1.54) is 38.5 Å². The van der Waals surface area contributed by atoms with E-state index in [9.17, 15) is 4.79 Å². The molecular formula is C14H27NO. The first-order valence-electron chi connectivity index (χ1n) is 6.92. The largest absolute Gasteiger partial charge is 0.353 e. The highest BCUT2D eigenvalue weighted by Crippen LogP contribution is 2.28. The zero-order valence-corrected chi connectivity index (χ0v) is 11.1. The number of hydrogen-bond acceptors (Lipinski definition) is 1. The molecule has 1 rings (SSSR count). The minimum atomic E-state index is 0.253. The van der Waals surface area contributed by atoms with Gasteiger partial charge >= 0.3 is 0 Å². The maximum absolute atomic E-state index is 11.8. The third-order valence-electron chi connectivity index (χ3n) is 3.51. The summed E-state index contributed by atoms with van der Waals surface area (Å²) < 4.78 is 0. The molecule has 1 aliphatic rings. The van der Waals surface area contributed by atoms with E-state index in [2.05, 4.69) is 26.1 Å². The lowest BCUT2D eigenvalue weighted by atomic mass is 9.81. The molecule has 94 valence electrons. The number of hydrogen-bond donors (Lipinski definition) is 1. The van der Waals surface area contributed by atoms with Crippen LogP contribution in [-0.2, 0) is 4.79 Å². The van der Waals surface area contributed by atoms with E-state index < -0.39 is 0 Å². The van der Waals surface area contributed by atoms with Crippen LogP contribution < -0.4 is 5.32 Å². The minimum absolute atomic E-state index is 0.253. The van der Waals surface area contributed by atoms with Crippen LogP contribution in [0.2, 0.25) is 0 Å². The average molecular weight is 225 g/mol. The highest BCUT2D eigenvalue weighted by Gasteiger charge is 2.25. The monoisotopic (exact) mass is 225 g/mol. The molecule has 0 saturated heterocycles. The zero-order valence-electron chi connectivity index (χ0n) is 11.1. The fourth-order valence-electron chi connectivity index (χ4n) is 2.75. The van der Waals surface area contributed by atoms with Crippen LogP contribution in [0.1, 0.15) is 65.7 Å². The van der Waals surface area contributed by atoms with E-state index >= 15 is 0 Å². The van der Waals surface area contributed by atoms with Crippen molar-refractivity contribution in [2.45, 2.75) is 71.8 Å². The topological polar surface area (TPSA) is 29.1 Å². The lowest BCUT2D eigenvalue weighted by Gasteiger charge is -2.32. The molecule has 1 saturated carbocycles. The molecule has 0 aromatic rings. The van der Waals surface area contributed by atoms with Crippen LogP contribution in [0.25, 0.3) is 0 Å². The number of nitrogens with one attached hydrogen (secondary N) is 1. The number of rotatable bonds is 5. The first kappa shape index (κ1) is 13.5. The van der Waals surface area contributed by atoms with Crippen LogP contribution >= 0.6 is 0 Å². The van der Waals surface area contributed by atoms with Crippen molar-refractivity contribution in [1.29, 1.82) is 0 Å². The summed E-state index contributed by atoms with van der Waals surface area (Å²) in [5, 5.41) is 3.25. The van der Waals surface area contributed by atoms with E-state index in [0.717, 1.165) is 5.92 Å². The number of carbonyl (C=O) groups excluding carboxylic acids is 1. The van der Waals surface area contributed by atoms with Crippen molar-refractivity contribution < 1.29 is 4.79 Å². The van der Waals surface area contributed by atoms with E-state index in [4.69, 9.17) is 0 Å². The molecule has 2 atom stereocenters. The third kappa shape index (κ3) is 4.54. The number of amides is 1. The maximum atomic E-state index is 11.8. The van der Waals surface area contributed by atoms with Crippen LogP contribution in [0, 0.1) is 11.8 Å². The van der Waals surface area contributed by atoms with Crippen molar-refractivity contribution in [3.63, 3.8) is 0 Å². The van der Waals surface area contributed by atoms with Gasteiger partial charge in [0.2, 0.25) is 5.91 Å². The van der Waals surface area contributed by atoms with Crippen LogP contribution in [0.5, 0.6) is 0 Å². The van der Waals surface area contributed by atoms with Crippen molar-refractivity contribution in [3.8, 4) is 0 Å². The maximum Gasteiger partial charge on any atom is 0.220 e. The van der Waals surface area contributed by atoms with Crippen molar-refractivity contribution in [3.05, 3.63) is 0 Å². The fourth-order valence-corrected chi connectivity index (χ4v) is 2.75. The molecule has 2 nitrogen and oxygen atoms in total. The predicted octanol–water partition coefficient (Wildman–Crippen LogP) is 3.51. The summed E-state index contributed by atoms with van der Waals surface area (Å²) in [7, 11) is 0. The van der Waals surface area contributed by atoms with Gasteiger partial charge in [0, 0.05) is 12.5 Å². The van der Waals surface area contributed by atoms with Crippen molar-refractivity contribution in [2.75, 3.05) is 0 Å². The van der Waals surface area contributed by atoms with Gasteiger partial charge in [-0.15, -0.1) is 0 Å². The second-order valence-corrected chi connectivity index (χ2v) is 5.61. The van der Waals surface area contributed by atoms with Crippen LogP contribution in [0.4, 0.5) is 0 Å². The Bertz CT molecular complexity index is 211. The Labute approximate surface area is 100 Å². The van der Waals surface area contributed by atoms with E-state index in [1.54, 1.807) is 0 Å². The molecule has 1 amide bonds. The molecule has 0 radical (unpaired) electrons. The highest BCUT2D eigenvalue weighted by molar-refractivity contribution is 5.76. The van der Waals surface area contributed by atoms with Gasteiger partial charge in [0.05, 0.1) is 0 Å². The summed E-state index contributed by atoms with van der Waals surface area (Å²) in [4.78, 5) is 11.8. The molecule has 0 aliphatic heterocycles. The molecule has 2 heteroatoms. The van der Waals surface area contributed by atoms with Crippen molar-refractivity contribution in [2.24, 2.45) is 11.8 Å². The first-order valence-corrected chi connectivity index (χ1v) is 6.92. The van der Waals surface area contributed by atoms with Gasteiger partial charge in [0.15, 0.2) is 0 Å². The molecule has 0 aromatic carbocycles. The molecule has 1 aliphatic carbocycles. The minimum Gasteiger partial charge on any atom is -0.353 e. The quantitative estimate of drug-likeness (QED) is 0.762. The molecule has 0 unspecified atom stereocenters. The van der Waals surface area contributed by atoms with Gasteiger partial charge in [-0.25, -0.2) is 0 Å². The van der Waals surface area contributed by atoms with Gasteiger partial charge in [-0.3, -0.25) is 4.79 Å². The standard InChI is InChI=1S/C14H27NO/c1-4-7-12-8-5-6-9-13(12)15-14(16)10-11(2)3/h11-13H,4-10H2,1-3H3,(H,15,16)/t12-,13+/m0/s1. The van der Waals surface area contributed by atoms with E-state index in [-0.39, 0.29) is 5.91 Å². The van der Waals surface area contributed by atoms with Gasteiger partial charge in [-0.2, -0.15) is 0 Å². The summed E-state index contributed by atoms with van der Waals surface area (Å²) in [6.45, 7) is 6.44. The normalized spacial score (nSPS) is 25.8. The van der Waals surface area contributed by atoms with E-state index in [0.29, 0.717) is 18.4 Å². The molecule has 1 N–H and O–H groups in total. The zero-order chi connectivity index (χ0) is 12.0. The SMILES string of the molecule is CCC[C@H]1CCCC[C@H]1NC(=O)CC(C)C. The second-order valence-electron chi connectivity index (χ2n) is 5.61. The lowest BCUT2D eigenvalue weighted by molar-refractivity contribution is -0.123. The van der Waals surface area contributed by atoms with Crippen molar-refractivity contribution in [1.82, 2.24) is 5.32 Å². The molecule has 1 fully saturated rings. The van der Waals surface area contributed by atoms with Gasteiger partial charge < -0.3 is 5.32 Å². The summed E-state index contributed by atoms with van der Waals surface area (Å²) >= 11 is 0. The fraction of sp³-hybridized carbons (Fsp3) is 0.929. The van der Waals surface area contributed by atoms with Crippen LogP contribution in [0.15, 0.2) is 0 Å². The Balaban J connectivity index is 2.39. The molecule has 0 heterocycles. The molecule has 16 heavy (non-hydrogen) atoms. The summed E-state index contributed by atoms with van der Waals surface area (Å²) in [5.74, 6) is 1.45. The number of carbonyl (C=O) groups is 1. The van der Waals surface area contributed by atoms with Crippen LogP contribution in [-0.4, -0.2) is 11.9 Å². The lowest BCUT2D eigenvalue weighted by Crippen LogP contribution is -2.42. The third-order valence-corrected chi connectivity index (χ3v) is 3.51. The van der Waals surface area contributed by atoms with Crippen LogP contribution in [0.3, 0.4) is 0 Å². The van der Waals surface area contributed by atoms with Gasteiger partial charge in [0.1, 0.15) is 0 Å².